The van der Waals surface area contributed by atoms with Crippen LogP contribution in [0.15, 0.2) is 24.3 Å². The molecule has 6 heteroatoms. The first-order valence-electron chi connectivity index (χ1n) is 3.66. The van der Waals surface area contributed by atoms with Crippen LogP contribution in [0.1, 0.15) is 15.9 Å². The summed E-state index contributed by atoms with van der Waals surface area (Å²) >= 11 is 0. The van der Waals surface area contributed by atoms with Crippen LogP contribution < -0.4 is 0 Å². The topological polar surface area (TPSA) is 91.7 Å². The second-order valence-corrected chi connectivity index (χ2v) is 4.18. The van der Waals surface area contributed by atoms with Crippen molar-refractivity contribution in [3.63, 3.8) is 0 Å². The molecule has 14 heavy (non-hydrogen) atoms. The number of rotatable bonds is 3. The van der Waals surface area contributed by atoms with Gasteiger partial charge in [0.1, 0.15) is 5.75 Å². The number of hydrogen-bond acceptors (Lipinski definition) is 3. The molecule has 0 aliphatic rings. The van der Waals surface area contributed by atoms with Gasteiger partial charge in [0, 0.05) is 0 Å². The maximum atomic E-state index is 10.5. The van der Waals surface area contributed by atoms with Crippen LogP contribution in [-0.4, -0.2) is 24.0 Å². The average molecular weight is 216 g/mol. The summed E-state index contributed by atoms with van der Waals surface area (Å²) in [7, 11) is -4.11. The van der Waals surface area contributed by atoms with E-state index in [0.29, 0.717) is 0 Å². The van der Waals surface area contributed by atoms with E-state index in [1.54, 1.807) is 0 Å². The van der Waals surface area contributed by atoms with Gasteiger partial charge >= 0.3 is 5.97 Å². The van der Waals surface area contributed by atoms with Gasteiger partial charge in [0.25, 0.3) is 10.1 Å². The van der Waals surface area contributed by atoms with Gasteiger partial charge in [-0.2, -0.15) is 8.42 Å². The molecule has 0 aliphatic carbocycles. The van der Waals surface area contributed by atoms with Crippen molar-refractivity contribution in [3.8, 4) is 0 Å². The van der Waals surface area contributed by atoms with Crippen molar-refractivity contribution in [2.75, 3.05) is 0 Å². The third-order valence-corrected chi connectivity index (χ3v) is 2.22. The molecular weight excluding hydrogens is 208 g/mol. The summed E-state index contributed by atoms with van der Waals surface area (Å²) < 4.78 is 29.5. The number of carboxylic acids is 1. The first-order valence-corrected chi connectivity index (χ1v) is 5.27. The van der Waals surface area contributed by atoms with E-state index in [1.165, 1.54) is 24.3 Å². The third-order valence-electron chi connectivity index (χ3n) is 1.52. The molecule has 0 bridgehead atoms. The lowest BCUT2D eigenvalue weighted by Gasteiger charge is -1.99. The minimum atomic E-state index is -4.11. The first-order chi connectivity index (χ1) is 6.38. The van der Waals surface area contributed by atoms with Gasteiger partial charge in [0.2, 0.25) is 0 Å². The fourth-order valence-electron chi connectivity index (χ4n) is 1.00. The molecule has 1 rings (SSSR count). The predicted molar refractivity (Wildman–Crippen MR) is 48.7 cm³/mol. The maximum absolute atomic E-state index is 10.5. The van der Waals surface area contributed by atoms with Crippen molar-refractivity contribution in [3.05, 3.63) is 35.4 Å². The number of carbonyl (C=O) groups is 1. The molecule has 0 amide bonds. The first kappa shape index (κ1) is 10.7. The highest BCUT2D eigenvalue weighted by atomic mass is 32.2. The average Bonchev–Trinajstić information content (AvgIpc) is 2.01. The van der Waals surface area contributed by atoms with Gasteiger partial charge in [0.15, 0.2) is 0 Å². The van der Waals surface area contributed by atoms with E-state index in [9.17, 15) is 13.2 Å². The van der Waals surface area contributed by atoms with Gasteiger partial charge in [-0.15, -0.1) is 0 Å². The minimum absolute atomic E-state index is 0.00819. The molecule has 0 unspecified atom stereocenters. The Morgan fingerprint density at radius 1 is 1.36 bits per heavy atom. The van der Waals surface area contributed by atoms with Crippen molar-refractivity contribution in [1.29, 1.82) is 0 Å². The van der Waals surface area contributed by atoms with Crippen LogP contribution in [0.25, 0.3) is 0 Å². The number of carboxylic acid groups (broad SMARTS) is 1. The molecule has 0 spiro atoms. The molecule has 0 heterocycles. The second-order valence-electron chi connectivity index (χ2n) is 2.73. The van der Waals surface area contributed by atoms with E-state index < -0.39 is 21.8 Å². The van der Waals surface area contributed by atoms with E-state index in [-0.39, 0.29) is 11.1 Å². The summed E-state index contributed by atoms with van der Waals surface area (Å²) in [4.78, 5) is 10.5. The zero-order valence-corrected chi connectivity index (χ0v) is 7.86. The van der Waals surface area contributed by atoms with E-state index >= 15 is 0 Å². The van der Waals surface area contributed by atoms with Crippen LogP contribution in [0, 0.1) is 0 Å². The Labute approximate surface area is 80.7 Å². The number of hydrogen-bond donors (Lipinski definition) is 2. The largest absolute Gasteiger partial charge is 0.478 e. The van der Waals surface area contributed by atoms with Crippen LogP contribution >= 0.6 is 0 Å². The minimum Gasteiger partial charge on any atom is -0.478 e. The molecular formula is C8H8O5S. The van der Waals surface area contributed by atoms with Gasteiger partial charge in [-0.05, 0) is 17.7 Å². The Balaban J connectivity index is 3.01. The van der Waals surface area contributed by atoms with Crippen LogP contribution in [0.5, 0.6) is 0 Å². The van der Waals surface area contributed by atoms with Gasteiger partial charge in [-0.25, -0.2) is 4.79 Å². The number of benzene rings is 1. The second kappa shape index (κ2) is 3.77. The summed E-state index contributed by atoms with van der Waals surface area (Å²) in [5, 5.41) is 8.60. The lowest BCUT2D eigenvalue weighted by molar-refractivity contribution is 0.0696. The quantitative estimate of drug-likeness (QED) is 0.728. The fraction of sp³-hybridized carbons (Fsp3) is 0.125. The van der Waals surface area contributed by atoms with E-state index in [4.69, 9.17) is 9.66 Å². The van der Waals surface area contributed by atoms with Crippen LogP contribution in [-0.2, 0) is 15.9 Å². The molecule has 0 aromatic heterocycles. The van der Waals surface area contributed by atoms with Crippen LogP contribution in [0.4, 0.5) is 0 Å². The van der Waals surface area contributed by atoms with E-state index in [2.05, 4.69) is 0 Å². The van der Waals surface area contributed by atoms with Crippen molar-refractivity contribution in [1.82, 2.24) is 0 Å². The Kier molecular flexibility index (Phi) is 2.87. The zero-order chi connectivity index (χ0) is 10.8. The third kappa shape index (κ3) is 3.15. The van der Waals surface area contributed by atoms with Gasteiger partial charge in [-0.1, -0.05) is 12.1 Å². The normalized spacial score (nSPS) is 11.2. The van der Waals surface area contributed by atoms with Crippen molar-refractivity contribution >= 4 is 16.1 Å². The van der Waals surface area contributed by atoms with Crippen molar-refractivity contribution < 1.29 is 22.9 Å². The van der Waals surface area contributed by atoms with Crippen LogP contribution in [0.2, 0.25) is 0 Å². The predicted octanol–water partition coefficient (Wildman–Crippen LogP) is 0.773. The molecule has 2 N–H and O–H groups in total. The van der Waals surface area contributed by atoms with Gasteiger partial charge in [0.05, 0.1) is 5.56 Å². The maximum Gasteiger partial charge on any atom is 0.335 e. The molecule has 0 atom stereocenters. The highest BCUT2D eigenvalue weighted by molar-refractivity contribution is 7.85. The highest BCUT2D eigenvalue weighted by Crippen LogP contribution is 2.08. The monoisotopic (exact) mass is 216 g/mol. The Morgan fingerprint density at radius 3 is 2.50 bits per heavy atom. The van der Waals surface area contributed by atoms with E-state index in [0.717, 1.165) is 0 Å². The molecule has 76 valence electrons. The molecule has 1 aromatic carbocycles. The Hall–Kier alpha value is -1.40. The molecule has 0 radical (unpaired) electrons. The summed E-state index contributed by atoms with van der Waals surface area (Å²) in [6.07, 6.45) is 0. The smallest absolute Gasteiger partial charge is 0.335 e. The SMILES string of the molecule is O=C(O)c1cccc(CS(=O)(=O)O)c1. The number of aromatic carboxylic acids is 1. The molecule has 0 aliphatic heterocycles. The van der Waals surface area contributed by atoms with Crippen LogP contribution in [0.3, 0.4) is 0 Å². The summed E-state index contributed by atoms with van der Waals surface area (Å²) in [5.41, 5.74) is 0.235. The lowest BCUT2D eigenvalue weighted by atomic mass is 10.1. The highest BCUT2D eigenvalue weighted by Gasteiger charge is 2.08. The molecule has 0 saturated heterocycles. The Morgan fingerprint density at radius 2 is 2.00 bits per heavy atom. The van der Waals surface area contributed by atoms with Crippen molar-refractivity contribution in [2.45, 2.75) is 5.75 Å². The molecule has 1 aromatic rings. The fourth-order valence-corrected chi connectivity index (χ4v) is 1.61. The standard InChI is InChI=1S/C8H8O5S/c9-8(10)7-3-1-2-6(4-7)5-14(11,12)13/h1-4H,5H2,(H,9,10)(H,11,12,13). The molecule has 5 nitrogen and oxygen atoms in total. The zero-order valence-electron chi connectivity index (χ0n) is 7.04. The summed E-state index contributed by atoms with van der Waals surface area (Å²) in [6.45, 7) is 0. The van der Waals surface area contributed by atoms with Crippen molar-refractivity contribution in [2.24, 2.45) is 0 Å². The molecule has 0 saturated carbocycles. The van der Waals surface area contributed by atoms with E-state index in [1.807, 2.05) is 0 Å². The molecule has 0 fully saturated rings. The Bertz CT molecular complexity index is 449. The van der Waals surface area contributed by atoms with Gasteiger partial charge in [-0.3, -0.25) is 4.55 Å². The lowest BCUT2D eigenvalue weighted by Crippen LogP contribution is -2.03. The summed E-state index contributed by atoms with van der Waals surface area (Å²) in [5.74, 6) is -1.71. The summed E-state index contributed by atoms with van der Waals surface area (Å²) in [6, 6.07) is 5.40. The van der Waals surface area contributed by atoms with Gasteiger partial charge < -0.3 is 5.11 Å².